The van der Waals surface area contributed by atoms with E-state index in [4.69, 9.17) is 24.8 Å². The highest BCUT2D eigenvalue weighted by Gasteiger charge is 2.24. The lowest BCUT2D eigenvalue weighted by atomic mass is 10.1. The average Bonchev–Trinajstić information content (AvgIpc) is 3.43. The van der Waals surface area contributed by atoms with Crippen molar-refractivity contribution in [1.82, 2.24) is 0 Å². The van der Waals surface area contributed by atoms with Gasteiger partial charge in [-0.15, -0.1) is 0 Å². The van der Waals surface area contributed by atoms with E-state index in [1.54, 1.807) is 6.92 Å². The number of epoxide rings is 1. The Morgan fingerprint density at radius 1 is 1.15 bits per heavy atom. The van der Waals surface area contributed by atoms with Gasteiger partial charge in [0.1, 0.15) is 12.7 Å². The highest BCUT2D eigenvalue weighted by molar-refractivity contribution is 5.89. The van der Waals surface area contributed by atoms with E-state index in [1.165, 1.54) is 12.2 Å². The molecule has 0 aromatic rings. The second kappa shape index (κ2) is 13.7. The number of ether oxygens (including phenoxy) is 2. The fraction of sp³-hybridized carbons (Fsp3) is 0.526. The number of carboxylic acids is 2. The SMILES string of the molecule is C=C(C)C(=O)OCC1CO1.CCCCC(=CC=C(CCO)C(=O)O)C(=O)O. The van der Waals surface area contributed by atoms with Gasteiger partial charge in [-0.3, -0.25) is 0 Å². The van der Waals surface area contributed by atoms with Crippen LogP contribution in [0.5, 0.6) is 0 Å². The molecule has 27 heavy (non-hydrogen) atoms. The lowest BCUT2D eigenvalue weighted by molar-refractivity contribution is -0.139. The first-order valence-corrected chi connectivity index (χ1v) is 8.64. The molecule has 0 aliphatic carbocycles. The second-order valence-electron chi connectivity index (χ2n) is 5.91. The molecule has 1 heterocycles. The largest absolute Gasteiger partial charge is 0.478 e. The molecule has 1 aliphatic heterocycles. The Morgan fingerprint density at radius 2 is 1.67 bits per heavy atom. The molecular weight excluding hydrogens is 356 g/mol. The van der Waals surface area contributed by atoms with E-state index in [9.17, 15) is 14.4 Å². The third kappa shape index (κ3) is 12.5. The van der Waals surface area contributed by atoms with Crippen LogP contribution in [0.1, 0.15) is 39.5 Å². The number of carbonyl (C=O) groups is 3. The summed E-state index contributed by atoms with van der Waals surface area (Å²) in [5.41, 5.74) is 0.618. The number of aliphatic carboxylic acids is 2. The van der Waals surface area contributed by atoms with Crippen molar-refractivity contribution in [2.75, 3.05) is 19.8 Å². The van der Waals surface area contributed by atoms with Gasteiger partial charge >= 0.3 is 17.9 Å². The molecule has 0 radical (unpaired) electrons. The van der Waals surface area contributed by atoms with Crippen LogP contribution in [0.4, 0.5) is 0 Å². The van der Waals surface area contributed by atoms with Crippen LogP contribution in [-0.2, 0) is 23.9 Å². The molecule has 3 N–H and O–H groups in total. The van der Waals surface area contributed by atoms with Crippen molar-refractivity contribution in [3.05, 3.63) is 35.5 Å². The number of esters is 1. The minimum Gasteiger partial charge on any atom is -0.478 e. The molecule has 8 nitrogen and oxygen atoms in total. The van der Waals surface area contributed by atoms with Crippen molar-refractivity contribution in [3.63, 3.8) is 0 Å². The molecule has 1 aliphatic rings. The Morgan fingerprint density at radius 3 is 2.04 bits per heavy atom. The van der Waals surface area contributed by atoms with Gasteiger partial charge in [0.2, 0.25) is 0 Å². The summed E-state index contributed by atoms with van der Waals surface area (Å²) in [6, 6.07) is 0. The van der Waals surface area contributed by atoms with E-state index in [0.29, 0.717) is 25.2 Å². The van der Waals surface area contributed by atoms with Crippen molar-refractivity contribution in [2.45, 2.75) is 45.6 Å². The minimum atomic E-state index is -1.14. The van der Waals surface area contributed by atoms with Gasteiger partial charge in [-0.25, -0.2) is 14.4 Å². The smallest absolute Gasteiger partial charge is 0.333 e. The lowest BCUT2D eigenvalue weighted by Crippen LogP contribution is -2.09. The predicted molar refractivity (Wildman–Crippen MR) is 98.2 cm³/mol. The molecule has 0 aromatic heterocycles. The molecule has 1 atom stereocenters. The molecule has 0 bridgehead atoms. The molecular formula is C19H28O8. The molecule has 0 saturated carbocycles. The normalized spacial score (nSPS) is 16.0. The third-order valence-corrected chi connectivity index (χ3v) is 3.37. The summed E-state index contributed by atoms with van der Waals surface area (Å²) >= 11 is 0. The quantitative estimate of drug-likeness (QED) is 0.213. The van der Waals surface area contributed by atoms with Gasteiger partial charge in [-0.1, -0.05) is 32.1 Å². The highest BCUT2D eigenvalue weighted by Crippen LogP contribution is 2.10. The molecule has 1 unspecified atom stereocenters. The molecule has 0 amide bonds. The van der Waals surface area contributed by atoms with Gasteiger partial charge in [0.25, 0.3) is 0 Å². The summed E-state index contributed by atoms with van der Waals surface area (Å²) in [6.45, 7) is 7.81. The van der Waals surface area contributed by atoms with Crippen LogP contribution in [0.2, 0.25) is 0 Å². The van der Waals surface area contributed by atoms with Gasteiger partial charge < -0.3 is 24.8 Å². The van der Waals surface area contributed by atoms with Crippen molar-refractivity contribution in [1.29, 1.82) is 0 Å². The molecule has 1 fully saturated rings. The standard InChI is InChI=1S/C12H18O5.C7H10O3/c1-2-3-4-9(11(14)15)5-6-10(7-8-13)12(16)17;1-5(2)7(8)10-4-6-3-9-6/h5-6,13H,2-4,7-8H2,1H3,(H,14,15)(H,16,17);6H,1,3-4H2,2H3. The molecule has 1 saturated heterocycles. The lowest BCUT2D eigenvalue weighted by Gasteiger charge is -2.00. The summed E-state index contributed by atoms with van der Waals surface area (Å²) in [5.74, 6) is -2.52. The Bertz CT molecular complexity index is 585. The number of carboxylic acid groups (broad SMARTS) is 2. The number of aliphatic hydroxyl groups excluding tert-OH is 1. The van der Waals surface area contributed by atoms with Gasteiger partial charge in [0, 0.05) is 29.7 Å². The topological polar surface area (TPSA) is 134 Å². The monoisotopic (exact) mass is 384 g/mol. The fourth-order valence-corrected chi connectivity index (χ4v) is 1.67. The average molecular weight is 384 g/mol. The summed E-state index contributed by atoms with van der Waals surface area (Å²) in [5, 5.41) is 26.3. The highest BCUT2D eigenvalue weighted by atomic mass is 16.6. The number of hydrogen-bond donors (Lipinski definition) is 3. The first-order valence-electron chi connectivity index (χ1n) is 8.64. The summed E-state index contributed by atoms with van der Waals surface area (Å²) in [4.78, 5) is 32.3. The Balaban J connectivity index is 0.000000569. The van der Waals surface area contributed by atoms with E-state index in [2.05, 4.69) is 6.58 Å². The zero-order valence-corrected chi connectivity index (χ0v) is 15.8. The van der Waals surface area contributed by atoms with Crippen molar-refractivity contribution in [2.24, 2.45) is 0 Å². The van der Waals surface area contributed by atoms with Crippen LogP contribution in [0.15, 0.2) is 35.5 Å². The van der Waals surface area contributed by atoms with Gasteiger partial charge in [-0.2, -0.15) is 0 Å². The van der Waals surface area contributed by atoms with Gasteiger partial charge in [0.15, 0.2) is 0 Å². The van der Waals surface area contributed by atoms with E-state index in [-0.39, 0.29) is 36.2 Å². The molecule has 8 heteroatoms. The maximum atomic E-state index is 10.9. The van der Waals surface area contributed by atoms with Gasteiger partial charge in [-0.05, 0) is 19.8 Å². The number of unbranched alkanes of at least 4 members (excludes halogenated alkanes) is 1. The van der Waals surface area contributed by atoms with Gasteiger partial charge in [0.05, 0.1) is 6.61 Å². The molecule has 152 valence electrons. The number of allylic oxidation sites excluding steroid dienone is 2. The maximum Gasteiger partial charge on any atom is 0.333 e. The molecule has 1 rings (SSSR count). The summed E-state index contributed by atoms with van der Waals surface area (Å²) in [6.07, 6.45) is 4.73. The van der Waals surface area contributed by atoms with Crippen LogP contribution >= 0.6 is 0 Å². The van der Waals surface area contributed by atoms with E-state index >= 15 is 0 Å². The number of hydrogen-bond acceptors (Lipinski definition) is 6. The zero-order valence-electron chi connectivity index (χ0n) is 15.8. The second-order valence-corrected chi connectivity index (χ2v) is 5.91. The molecule has 0 spiro atoms. The summed E-state index contributed by atoms with van der Waals surface area (Å²) < 4.78 is 9.60. The number of carbonyl (C=O) groups excluding carboxylic acids is 1. The zero-order chi connectivity index (χ0) is 20.8. The third-order valence-electron chi connectivity index (χ3n) is 3.37. The maximum absolute atomic E-state index is 10.9. The van der Waals surface area contributed by atoms with Crippen molar-refractivity contribution < 1.29 is 39.2 Å². The van der Waals surface area contributed by atoms with Crippen molar-refractivity contribution >= 4 is 17.9 Å². The molecule has 0 aromatic carbocycles. The fourth-order valence-electron chi connectivity index (χ4n) is 1.67. The van der Waals surface area contributed by atoms with E-state index in [0.717, 1.165) is 12.8 Å². The Labute approximate surface area is 158 Å². The Kier molecular flexibility index (Phi) is 12.5. The van der Waals surface area contributed by atoms with Crippen LogP contribution in [0.25, 0.3) is 0 Å². The number of aliphatic hydroxyl groups is 1. The first kappa shape index (κ1) is 24.6. The van der Waals surface area contributed by atoms with Crippen LogP contribution in [0.3, 0.4) is 0 Å². The van der Waals surface area contributed by atoms with E-state index in [1.807, 2.05) is 6.92 Å². The van der Waals surface area contributed by atoms with E-state index < -0.39 is 11.9 Å². The summed E-state index contributed by atoms with van der Waals surface area (Å²) in [7, 11) is 0. The Hall–Kier alpha value is -2.45. The number of rotatable bonds is 11. The van der Waals surface area contributed by atoms with Crippen LogP contribution in [0, 0.1) is 0 Å². The van der Waals surface area contributed by atoms with Crippen molar-refractivity contribution in [3.8, 4) is 0 Å². The first-order chi connectivity index (χ1) is 12.7. The van der Waals surface area contributed by atoms with Crippen LogP contribution < -0.4 is 0 Å². The minimum absolute atomic E-state index is 0.00254. The van der Waals surface area contributed by atoms with Crippen LogP contribution in [-0.4, -0.2) is 59.2 Å². The predicted octanol–water partition coefficient (Wildman–Crippen LogP) is 2.09.